The van der Waals surface area contributed by atoms with Crippen molar-refractivity contribution in [1.82, 2.24) is 4.98 Å². The van der Waals surface area contributed by atoms with E-state index in [0.29, 0.717) is 5.56 Å². The van der Waals surface area contributed by atoms with E-state index in [1.165, 1.54) is 12.1 Å². The lowest BCUT2D eigenvalue weighted by Crippen LogP contribution is -2.11. The van der Waals surface area contributed by atoms with Crippen LogP contribution < -0.4 is 4.90 Å². The van der Waals surface area contributed by atoms with Crippen LogP contribution in [0, 0.1) is 0 Å². The number of anilines is 3. The van der Waals surface area contributed by atoms with Crippen LogP contribution in [0.15, 0.2) is 113 Å². The Labute approximate surface area is 186 Å². The Kier molecular flexibility index (Phi) is 4.92. The molecule has 0 saturated carbocycles. The molecule has 3 aromatic carbocycles. The van der Waals surface area contributed by atoms with Gasteiger partial charge in [0.1, 0.15) is 10.7 Å². The van der Waals surface area contributed by atoms with Gasteiger partial charge in [-0.1, -0.05) is 48.5 Å². The number of Topliss-reactive ketones (excluding diaryl/α,β-unsaturated/α-hetero) is 1. The van der Waals surface area contributed by atoms with Crippen LogP contribution in [-0.2, 0) is 9.84 Å². The second-order valence-corrected chi connectivity index (χ2v) is 9.17. The number of fused-ring (bicyclic) bond motifs is 1. The fourth-order valence-corrected chi connectivity index (χ4v) is 5.34. The molecule has 0 saturated heterocycles. The molecular weight excluding hydrogens is 420 g/mol. The van der Waals surface area contributed by atoms with E-state index >= 15 is 0 Å². The summed E-state index contributed by atoms with van der Waals surface area (Å²) in [7, 11) is -3.82. The zero-order valence-corrected chi connectivity index (χ0v) is 17.7. The van der Waals surface area contributed by atoms with Gasteiger partial charge in [-0.25, -0.2) is 13.4 Å². The van der Waals surface area contributed by atoms with Crippen LogP contribution in [0.25, 0.3) is 6.08 Å². The topological polar surface area (TPSA) is 67.3 Å². The number of para-hydroxylation sites is 1. The van der Waals surface area contributed by atoms with Crippen LogP contribution in [0.2, 0.25) is 0 Å². The van der Waals surface area contributed by atoms with Crippen molar-refractivity contribution in [1.29, 1.82) is 0 Å². The molecule has 32 heavy (non-hydrogen) atoms. The van der Waals surface area contributed by atoms with Gasteiger partial charge in [0.25, 0.3) is 0 Å². The lowest BCUT2D eigenvalue weighted by molar-refractivity contribution is 0.104. The van der Waals surface area contributed by atoms with Crippen LogP contribution in [-0.4, -0.2) is 19.2 Å². The van der Waals surface area contributed by atoms with E-state index in [9.17, 15) is 13.2 Å². The second-order valence-electron chi connectivity index (χ2n) is 7.29. The molecule has 6 heteroatoms. The largest absolute Gasteiger partial charge is 0.295 e. The van der Waals surface area contributed by atoms with Crippen LogP contribution in [0.1, 0.15) is 15.9 Å². The number of carbonyl (C=O) groups is 1. The average Bonchev–Trinajstić information content (AvgIpc) is 3.02. The van der Waals surface area contributed by atoms with Gasteiger partial charge in [-0.2, -0.15) is 0 Å². The van der Waals surface area contributed by atoms with E-state index in [4.69, 9.17) is 0 Å². The van der Waals surface area contributed by atoms with Crippen LogP contribution in [0.4, 0.5) is 17.2 Å². The number of allylic oxidation sites excluding steroid dienone is 1. The molecule has 1 aromatic heterocycles. The Bertz CT molecular complexity index is 1390. The first-order valence-corrected chi connectivity index (χ1v) is 11.5. The predicted octanol–water partition coefficient (Wildman–Crippen LogP) is 5.56. The van der Waals surface area contributed by atoms with E-state index in [2.05, 4.69) is 4.98 Å². The van der Waals surface area contributed by atoms with Crippen LogP contribution in [0.3, 0.4) is 0 Å². The molecule has 156 valence electrons. The summed E-state index contributed by atoms with van der Waals surface area (Å²) >= 11 is 0. The van der Waals surface area contributed by atoms with Gasteiger partial charge in [0, 0.05) is 23.1 Å². The highest BCUT2D eigenvalue weighted by Gasteiger charge is 2.38. The molecule has 1 aliphatic rings. The van der Waals surface area contributed by atoms with E-state index in [0.717, 1.165) is 17.2 Å². The van der Waals surface area contributed by atoms with Crippen molar-refractivity contribution in [2.75, 3.05) is 4.90 Å². The average molecular weight is 439 g/mol. The molecule has 0 radical (unpaired) electrons. The minimum Gasteiger partial charge on any atom is -0.295 e. The number of carbonyl (C=O) groups excluding carboxylic acids is 1. The summed E-state index contributed by atoms with van der Waals surface area (Å²) < 4.78 is 25.7. The van der Waals surface area contributed by atoms with Gasteiger partial charge in [0.05, 0.1) is 4.90 Å². The molecule has 0 atom stereocenters. The van der Waals surface area contributed by atoms with E-state index < -0.39 is 15.6 Å². The van der Waals surface area contributed by atoms with Gasteiger partial charge in [-0.15, -0.1) is 0 Å². The maximum Gasteiger partial charge on any atom is 0.211 e. The summed E-state index contributed by atoms with van der Waals surface area (Å²) in [5.41, 5.74) is 2.66. The van der Waals surface area contributed by atoms with Crippen molar-refractivity contribution in [2.24, 2.45) is 0 Å². The Hall–Kier alpha value is -4.03. The van der Waals surface area contributed by atoms with Gasteiger partial charge < -0.3 is 0 Å². The quantitative estimate of drug-likeness (QED) is 0.390. The molecule has 4 aromatic rings. The first-order chi connectivity index (χ1) is 15.6. The predicted molar refractivity (Wildman–Crippen MR) is 125 cm³/mol. The second kappa shape index (κ2) is 7.90. The molecule has 0 N–H and O–H groups in total. The minimum absolute atomic E-state index is 0.0678. The van der Waals surface area contributed by atoms with Crippen molar-refractivity contribution in [3.63, 3.8) is 0 Å². The molecule has 0 fully saturated rings. The molecule has 0 unspecified atom stereocenters. The molecule has 5 rings (SSSR count). The summed E-state index contributed by atoms with van der Waals surface area (Å²) in [6.07, 6.45) is 3.17. The number of rotatable bonds is 4. The van der Waals surface area contributed by atoms with E-state index in [-0.39, 0.29) is 15.4 Å². The molecule has 0 spiro atoms. The third-order valence-electron chi connectivity index (χ3n) is 5.28. The van der Waals surface area contributed by atoms with Crippen LogP contribution >= 0.6 is 0 Å². The number of pyridine rings is 1. The van der Waals surface area contributed by atoms with Gasteiger partial charge in [0.15, 0.2) is 0 Å². The normalized spacial score (nSPS) is 15.5. The highest BCUT2D eigenvalue weighted by atomic mass is 32.2. The smallest absolute Gasteiger partial charge is 0.211 e. The van der Waals surface area contributed by atoms with Gasteiger partial charge in [-0.05, 0) is 60.2 Å². The van der Waals surface area contributed by atoms with Gasteiger partial charge in [0.2, 0.25) is 15.6 Å². The summed E-state index contributed by atoms with van der Waals surface area (Å²) in [4.78, 5) is 19.1. The summed E-state index contributed by atoms with van der Waals surface area (Å²) in [5.74, 6) is 0.290. The summed E-state index contributed by atoms with van der Waals surface area (Å²) in [6.45, 7) is 0. The number of nitrogens with zero attached hydrogens (tertiary/aromatic N) is 2. The zero-order valence-electron chi connectivity index (χ0n) is 16.9. The molecule has 0 amide bonds. The molecular formula is C26H18N2O3S. The molecule has 5 nitrogen and oxygen atoms in total. The van der Waals surface area contributed by atoms with E-state index in [1.54, 1.807) is 36.5 Å². The fourth-order valence-electron chi connectivity index (χ4n) is 3.75. The van der Waals surface area contributed by atoms with Crippen molar-refractivity contribution in [3.05, 3.63) is 119 Å². The SMILES string of the molecule is O=C1C(=Cc2ccc(N(c3ccccc3)c3ccccn3)cc2)S(=O)(=O)c2ccccc21. The number of ketones is 1. The van der Waals surface area contributed by atoms with Gasteiger partial charge >= 0.3 is 0 Å². The monoisotopic (exact) mass is 438 g/mol. The van der Waals surface area contributed by atoms with Crippen molar-refractivity contribution in [3.8, 4) is 0 Å². The number of aromatic nitrogens is 1. The molecule has 0 bridgehead atoms. The first-order valence-electron chi connectivity index (χ1n) is 10.0. The number of hydrogen-bond donors (Lipinski definition) is 0. The number of sulfone groups is 1. The third kappa shape index (κ3) is 3.40. The maximum absolute atomic E-state index is 12.8. The lowest BCUT2D eigenvalue weighted by atomic mass is 10.1. The Balaban J connectivity index is 1.54. The highest BCUT2D eigenvalue weighted by Crippen LogP contribution is 2.36. The van der Waals surface area contributed by atoms with Gasteiger partial charge in [-0.3, -0.25) is 9.69 Å². The standard InChI is InChI=1S/C26H18N2O3S/c29-26-22-10-4-5-11-23(22)32(30,31)24(26)18-19-13-15-21(16-14-19)28(20-8-2-1-3-9-20)25-12-6-7-17-27-25/h1-18H. The first kappa shape index (κ1) is 19.9. The highest BCUT2D eigenvalue weighted by molar-refractivity contribution is 7.97. The zero-order chi connectivity index (χ0) is 22.1. The lowest BCUT2D eigenvalue weighted by Gasteiger charge is -2.24. The van der Waals surface area contributed by atoms with Crippen LogP contribution in [0.5, 0.6) is 0 Å². The van der Waals surface area contributed by atoms with E-state index in [1.807, 2.05) is 65.6 Å². The molecule has 1 aliphatic heterocycles. The Morgan fingerprint density at radius 2 is 1.38 bits per heavy atom. The third-order valence-corrected chi connectivity index (χ3v) is 7.09. The van der Waals surface area contributed by atoms with Crippen molar-refractivity contribution < 1.29 is 13.2 Å². The minimum atomic E-state index is -3.82. The van der Waals surface area contributed by atoms with Crippen molar-refractivity contribution in [2.45, 2.75) is 4.90 Å². The Morgan fingerprint density at radius 1 is 0.719 bits per heavy atom. The summed E-state index contributed by atoms with van der Waals surface area (Å²) in [5, 5.41) is 0. The number of benzene rings is 3. The molecule has 0 aliphatic carbocycles. The van der Waals surface area contributed by atoms with Crippen molar-refractivity contribution >= 4 is 38.9 Å². The Morgan fingerprint density at radius 3 is 2.06 bits per heavy atom. The fraction of sp³-hybridized carbons (Fsp3) is 0. The maximum atomic E-state index is 12.8. The molecule has 2 heterocycles. The number of hydrogen-bond acceptors (Lipinski definition) is 5. The summed E-state index contributed by atoms with van der Waals surface area (Å²) in [6, 6.07) is 29.2.